The highest BCUT2D eigenvalue weighted by molar-refractivity contribution is 9.10. The van der Waals surface area contributed by atoms with Crippen molar-refractivity contribution in [3.05, 3.63) is 33.8 Å². The minimum absolute atomic E-state index is 0.340. The molecule has 1 atom stereocenters. The molecule has 2 rings (SSSR count). The first kappa shape index (κ1) is 17.0. The van der Waals surface area contributed by atoms with Gasteiger partial charge in [0.2, 0.25) is 0 Å². The van der Waals surface area contributed by atoms with Crippen LogP contribution < -0.4 is 5.73 Å². The van der Waals surface area contributed by atoms with Crippen LogP contribution in [0, 0.1) is 12.8 Å². The lowest BCUT2D eigenvalue weighted by Gasteiger charge is -2.37. The second kappa shape index (κ2) is 7.75. The third-order valence-corrected chi connectivity index (χ3v) is 5.43. The zero-order valence-electron chi connectivity index (χ0n) is 13.6. The van der Waals surface area contributed by atoms with Crippen LogP contribution in [0.15, 0.2) is 22.7 Å². The maximum absolute atomic E-state index is 6.18. The predicted molar refractivity (Wildman–Crippen MR) is 94.5 cm³/mol. The summed E-state index contributed by atoms with van der Waals surface area (Å²) in [5, 5.41) is 0. The number of hydrogen-bond donors (Lipinski definition) is 1. The van der Waals surface area contributed by atoms with Crippen molar-refractivity contribution in [3.63, 3.8) is 0 Å². The molecule has 0 spiro atoms. The molecule has 1 aliphatic rings. The van der Waals surface area contributed by atoms with Crippen molar-refractivity contribution in [3.8, 4) is 0 Å². The molecule has 1 unspecified atom stereocenters. The van der Waals surface area contributed by atoms with Crippen molar-refractivity contribution in [2.45, 2.75) is 58.5 Å². The van der Waals surface area contributed by atoms with Gasteiger partial charge >= 0.3 is 0 Å². The van der Waals surface area contributed by atoms with Crippen LogP contribution in [-0.4, -0.2) is 24.0 Å². The molecular formula is C18H29BrN2. The van der Waals surface area contributed by atoms with E-state index >= 15 is 0 Å². The Hall–Kier alpha value is -0.380. The first-order valence-electron chi connectivity index (χ1n) is 8.24. The Kier molecular flexibility index (Phi) is 6.27. The van der Waals surface area contributed by atoms with Gasteiger partial charge in [0.05, 0.1) is 0 Å². The second-order valence-corrected chi connectivity index (χ2v) is 7.64. The van der Waals surface area contributed by atoms with Crippen LogP contribution in [0.4, 0.5) is 0 Å². The summed E-state index contributed by atoms with van der Waals surface area (Å²) in [6, 6.07) is 7.76. The van der Waals surface area contributed by atoms with Gasteiger partial charge in [-0.05, 0) is 42.9 Å². The Morgan fingerprint density at radius 3 is 2.48 bits per heavy atom. The quantitative estimate of drug-likeness (QED) is 0.806. The number of nitrogens with two attached hydrogens (primary N) is 1. The molecule has 0 saturated heterocycles. The van der Waals surface area contributed by atoms with E-state index in [0.717, 1.165) is 6.54 Å². The summed E-state index contributed by atoms with van der Waals surface area (Å²) in [6.45, 7) is 8.58. The predicted octanol–water partition coefficient (Wildman–Crippen LogP) is 4.66. The van der Waals surface area contributed by atoms with Crippen molar-refractivity contribution >= 4 is 15.9 Å². The average Bonchev–Trinajstić information content (AvgIpc) is 2.96. The number of halogens is 1. The van der Waals surface area contributed by atoms with Crippen LogP contribution in [-0.2, 0) is 0 Å². The number of aryl methyl sites for hydroxylation is 1. The first-order chi connectivity index (χ1) is 10.0. The van der Waals surface area contributed by atoms with Gasteiger partial charge in [-0.15, -0.1) is 0 Å². The van der Waals surface area contributed by atoms with Crippen LogP contribution in [0.1, 0.15) is 56.7 Å². The fourth-order valence-corrected chi connectivity index (χ4v) is 3.86. The SMILES string of the molecule is Cc1ccc(C(CN)N(CC(C)C)C2CCCC2)cc1Br. The molecule has 1 aromatic carbocycles. The van der Waals surface area contributed by atoms with Gasteiger partial charge in [0, 0.05) is 29.6 Å². The molecule has 0 radical (unpaired) electrons. The molecule has 0 amide bonds. The fraction of sp³-hybridized carbons (Fsp3) is 0.667. The second-order valence-electron chi connectivity index (χ2n) is 6.79. The van der Waals surface area contributed by atoms with Gasteiger partial charge < -0.3 is 5.73 Å². The summed E-state index contributed by atoms with van der Waals surface area (Å²) >= 11 is 3.67. The molecule has 0 aliphatic heterocycles. The molecule has 1 saturated carbocycles. The van der Waals surface area contributed by atoms with Crippen molar-refractivity contribution in [2.24, 2.45) is 11.7 Å². The number of nitrogens with zero attached hydrogens (tertiary/aromatic N) is 1. The number of benzene rings is 1. The van der Waals surface area contributed by atoms with Gasteiger partial charge in [-0.25, -0.2) is 0 Å². The summed E-state index contributed by atoms with van der Waals surface area (Å²) in [7, 11) is 0. The molecule has 21 heavy (non-hydrogen) atoms. The van der Waals surface area contributed by atoms with Gasteiger partial charge in [-0.1, -0.05) is 54.8 Å². The van der Waals surface area contributed by atoms with Gasteiger partial charge in [0.1, 0.15) is 0 Å². The van der Waals surface area contributed by atoms with E-state index < -0.39 is 0 Å². The van der Waals surface area contributed by atoms with E-state index in [1.165, 1.54) is 41.3 Å². The Bertz CT molecular complexity index is 453. The molecule has 2 N–H and O–H groups in total. The molecule has 2 nitrogen and oxygen atoms in total. The zero-order chi connectivity index (χ0) is 15.4. The monoisotopic (exact) mass is 352 g/mol. The highest BCUT2D eigenvalue weighted by atomic mass is 79.9. The number of hydrogen-bond acceptors (Lipinski definition) is 2. The number of rotatable bonds is 6. The molecule has 0 bridgehead atoms. The molecule has 0 heterocycles. The van der Waals surface area contributed by atoms with Gasteiger partial charge in [0.25, 0.3) is 0 Å². The van der Waals surface area contributed by atoms with E-state index in [4.69, 9.17) is 5.73 Å². The highest BCUT2D eigenvalue weighted by Crippen LogP contribution is 2.33. The largest absolute Gasteiger partial charge is 0.329 e. The minimum Gasteiger partial charge on any atom is -0.329 e. The maximum Gasteiger partial charge on any atom is 0.0473 e. The van der Waals surface area contributed by atoms with Crippen molar-refractivity contribution < 1.29 is 0 Å². The molecule has 1 aromatic rings. The Morgan fingerprint density at radius 1 is 1.29 bits per heavy atom. The van der Waals surface area contributed by atoms with Crippen LogP contribution in [0.3, 0.4) is 0 Å². The minimum atomic E-state index is 0.340. The van der Waals surface area contributed by atoms with E-state index in [0.29, 0.717) is 24.5 Å². The van der Waals surface area contributed by atoms with Gasteiger partial charge in [-0.3, -0.25) is 4.90 Å². The molecule has 1 fully saturated rings. The van der Waals surface area contributed by atoms with E-state index in [2.05, 4.69) is 59.8 Å². The molecular weight excluding hydrogens is 324 g/mol. The third kappa shape index (κ3) is 4.30. The summed E-state index contributed by atoms with van der Waals surface area (Å²) < 4.78 is 1.19. The highest BCUT2D eigenvalue weighted by Gasteiger charge is 2.29. The zero-order valence-corrected chi connectivity index (χ0v) is 15.2. The van der Waals surface area contributed by atoms with Crippen molar-refractivity contribution in [1.82, 2.24) is 4.90 Å². The van der Waals surface area contributed by atoms with Gasteiger partial charge in [0.15, 0.2) is 0 Å². The standard InChI is InChI=1S/C18H29BrN2/c1-13(2)12-21(16-6-4-5-7-16)18(11-20)15-9-8-14(3)17(19)10-15/h8-10,13,16,18H,4-7,11-12,20H2,1-3H3. The van der Waals surface area contributed by atoms with E-state index in [-0.39, 0.29) is 0 Å². The third-order valence-electron chi connectivity index (χ3n) is 4.57. The topological polar surface area (TPSA) is 29.3 Å². The Labute approximate surface area is 138 Å². The first-order valence-corrected chi connectivity index (χ1v) is 9.04. The lowest BCUT2D eigenvalue weighted by atomic mass is 9.99. The maximum atomic E-state index is 6.18. The van der Waals surface area contributed by atoms with Gasteiger partial charge in [-0.2, -0.15) is 0 Å². The molecule has 1 aliphatic carbocycles. The smallest absolute Gasteiger partial charge is 0.0473 e. The van der Waals surface area contributed by atoms with E-state index in [1.807, 2.05) is 0 Å². The Morgan fingerprint density at radius 2 is 1.95 bits per heavy atom. The average molecular weight is 353 g/mol. The molecule has 118 valence electrons. The molecule has 3 heteroatoms. The van der Waals surface area contributed by atoms with Crippen LogP contribution in [0.5, 0.6) is 0 Å². The van der Waals surface area contributed by atoms with Crippen molar-refractivity contribution in [2.75, 3.05) is 13.1 Å². The van der Waals surface area contributed by atoms with E-state index in [1.54, 1.807) is 0 Å². The normalized spacial score (nSPS) is 17.9. The lowest BCUT2D eigenvalue weighted by Crippen LogP contribution is -2.42. The summed E-state index contributed by atoms with van der Waals surface area (Å²) in [4.78, 5) is 2.68. The summed E-state index contributed by atoms with van der Waals surface area (Å²) in [6.07, 6.45) is 5.40. The molecule has 0 aromatic heterocycles. The summed E-state index contributed by atoms with van der Waals surface area (Å²) in [5.41, 5.74) is 8.81. The van der Waals surface area contributed by atoms with Crippen LogP contribution >= 0.6 is 15.9 Å². The van der Waals surface area contributed by atoms with Crippen LogP contribution in [0.2, 0.25) is 0 Å². The van der Waals surface area contributed by atoms with Crippen LogP contribution in [0.25, 0.3) is 0 Å². The lowest BCUT2D eigenvalue weighted by molar-refractivity contribution is 0.121. The van der Waals surface area contributed by atoms with E-state index in [9.17, 15) is 0 Å². The van der Waals surface area contributed by atoms with Crippen molar-refractivity contribution in [1.29, 1.82) is 0 Å². The fourth-order valence-electron chi connectivity index (χ4n) is 3.47. The Balaban J connectivity index is 2.26. The summed E-state index contributed by atoms with van der Waals surface area (Å²) in [5.74, 6) is 0.675.